The molecule has 1 aromatic carbocycles. The molecule has 118 valence electrons. The fourth-order valence-corrected chi connectivity index (χ4v) is 2.21. The van der Waals surface area contributed by atoms with Crippen molar-refractivity contribution in [3.63, 3.8) is 0 Å². The van der Waals surface area contributed by atoms with Crippen LogP contribution in [0.15, 0.2) is 40.9 Å². The molecule has 0 amide bonds. The highest BCUT2D eigenvalue weighted by Gasteiger charge is 2.15. The Hall–Kier alpha value is -2.89. The monoisotopic (exact) mass is 311 g/mol. The van der Waals surface area contributed by atoms with E-state index < -0.39 is 0 Å². The van der Waals surface area contributed by atoms with Crippen molar-refractivity contribution < 1.29 is 14.0 Å². The van der Waals surface area contributed by atoms with Crippen LogP contribution in [0, 0.1) is 6.92 Å². The second-order valence-electron chi connectivity index (χ2n) is 4.85. The van der Waals surface area contributed by atoms with Crippen molar-refractivity contribution >= 4 is 0 Å². The molecule has 0 radical (unpaired) electrons. The number of aryl methyl sites for hydroxylation is 1. The highest BCUT2D eigenvalue weighted by atomic mass is 16.5. The van der Waals surface area contributed by atoms with Crippen LogP contribution in [0.4, 0.5) is 0 Å². The van der Waals surface area contributed by atoms with E-state index in [1.54, 1.807) is 14.0 Å². The summed E-state index contributed by atoms with van der Waals surface area (Å²) in [6.45, 7) is 4.15. The molecule has 3 aromatic rings. The fourth-order valence-electron chi connectivity index (χ4n) is 2.21. The SMILES string of the molecule is CCOc1nc(-c2cccc(OC)c2)ccc1-c1noc(C)n1. The molecule has 0 N–H and O–H groups in total. The Morgan fingerprint density at radius 2 is 2.00 bits per heavy atom. The molecule has 2 heterocycles. The summed E-state index contributed by atoms with van der Waals surface area (Å²) in [6.07, 6.45) is 0. The summed E-state index contributed by atoms with van der Waals surface area (Å²) in [5.41, 5.74) is 2.44. The van der Waals surface area contributed by atoms with Crippen LogP contribution in [0.2, 0.25) is 0 Å². The van der Waals surface area contributed by atoms with E-state index in [1.165, 1.54) is 0 Å². The molecular weight excluding hydrogens is 294 g/mol. The van der Waals surface area contributed by atoms with Crippen molar-refractivity contribution in [1.82, 2.24) is 15.1 Å². The number of ether oxygens (including phenoxy) is 2. The fraction of sp³-hybridized carbons (Fsp3) is 0.235. The summed E-state index contributed by atoms with van der Waals surface area (Å²) in [6, 6.07) is 11.5. The van der Waals surface area contributed by atoms with Gasteiger partial charge in [0.2, 0.25) is 17.6 Å². The minimum atomic E-state index is 0.468. The van der Waals surface area contributed by atoms with Gasteiger partial charge in [0.1, 0.15) is 5.75 Å². The molecule has 0 atom stereocenters. The highest BCUT2D eigenvalue weighted by molar-refractivity contribution is 5.68. The lowest BCUT2D eigenvalue weighted by atomic mass is 10.1. The summed E-state index contributed by atoms with van der Waals surface area (Å²) in [5.74, 6) is 2.23. The van der Waals surface area contributed by atoms with E-state index in [0.29, 0.717) is 29.8 Å². The van der Waals surface area contributed by atoms with E-state index >= 15 is 0 Å². The van der Waals surface area contributed by atoms with Gasteiger partial charge in [-0.1, -0.05) is 17.3 Å². The Labute approximate surface area is 134 Å². The van der Waals surface area contributed by atoms with E-state index in [9.17, 15) is 0 Å². The van der Waals surface area contributed by atoms with Crippen LogP contribution in [-0.4, -0.2) is 28.8 Å². The molecule has 0 saturated heterocycles. The Kier molecular flexibility index (Phi) is 4.23. The molecule has 23 heavy (non-hydrogen) atoms. The molecule has 6 heteroatoms. The number of nitrogens with zero attached hydrogens (tertiary/aromatic N) is 3. The summed E-state index contributed by atoms with van der Waals surface area (Å²) in [5, 5.41) is 3.93. The molecule has 0 aliphatic rings. The molecule has 0 fully saturated rings. The van der Waals surface area contributed by atoms with Gasteiger partial charge in [-0.15, -0.1) is 0 Å². The van der Waals surface area contributed by atoms with Crippen molar-refractivity contribution in [2.75, 3.05) is 13.7 Å². The minimum absolute atomic E-state index is 0.468. The van der Waals surface area contributed by atoms with E-state index in [-0.39, 0.29) is 0 Å². The Balaban J connectivity index is 2.05. The summed E-state index contributed by atoms with van der Waals surface area (Å²) < 4.78 is 16.0. The lowest BCUT2D eigenvalue weighted by Crippen LogP contribution is -1.99. The van der Waals surface area contributed by atoms with Gasteiger partial charge < -0.3 is 14.0 Å². The number of benzene rings is 1. The van der Waals surface area contributed by atoms with Crippen LogP contribution in [0.5, 0.6) is 11.6 Å². The summed E-state index contributed by atoms with van der Waals surface area (Å²) in [4.78, 5) is 8.83. The molecular formula is C17H17N3O3. The molecule has 0 aliphatic carbocycles. The Morgan fingerprint density at radius 1 is 1.13 bits per heavy atom. The van der Waals surface area contributed by atoms with Crippen molar-refractivity contribution in [2.45, 2.75) is 13.8 Å². The normalized spacial score (nSPS) is 10.6. The maximum Gasteiger partial charge on any atom is 0.225 e. The lowest BCUT2D eigenvalue weighted by Gasteiger charge is -2.09. The first kappa shape index (κ1) is 15.0. The second kappa shape index (κ2) is 6.48. The first-order chi connectivity index (χ1) is 11.2. The zero-order valence-electron chi connectivity index (χ0n) is 13.2. The van der Waals surface area contributed by atoms with Crippen molar-refractivity contribution in [3.8, 4) is 34.3 Å². The number of hydrogen-bond acceptors (Lipinski definition) is 6. The first-order valence-electron chi connectivity index (χ1n) is 7.30. The van der Waals surface area contributed by atoms with Crippen LogP contribution in [0.3, 0.4) is 0 Å². The molecule has 0 aliphatic heterocycles. The second-order valence-corrected chi connectivity index (χ2v) is 4.85. The third-order valence-corrected chi connectivity index (χ3v) is 3.28. The van der Waals surface area contributed by atoms with E-state index in [1.807, 2.05) is 43.3 Å². The van der Waals surface area contributed by atoms with Gasteiger partial charge in [0, 0.05) is 12.5 Å². The molecule has 6 nitrogen and oxygen atoms in total. The Bertz CT molecular complexity index is 814. The average Bonchev–Trinajstić information content (AvgIpc) is 3.01. The number of aromatic nitrogens is 3. The smallest absolute Gasteiger partial charge is 0.225 e. The number of hydrogen-bond donors (Lipinski definition) is 0. The van der Waals surface area contributed by atoms with Crippen LogP contribution >= 0.6 is 0 Å². The van der Waals surface area contributed by atoms with E-state index in [4.69, 9.17) is 14.0 Å². The standard InChI is InChI=1S/C17H17N3O3/c1-4-22-17-14(16-18-11(2)23-20-16)8-9-15(19-17)12-6-5-7-13(10-12)21-3/h5-10H,4H2,1-3H3. The predicted molar refractivity (Wildman–Crippen MR) is 85.4 cm³/mol. The van der Waals surface area contributed by atoms with E-state index in [0.717, 1.165) is 17.0 Å². The van der Waals surface area contributed by atoms with Crippen molar-refractivity contribution in [2.24, 2.45) is 0 Å². The average molecular weight is 311 g/mol. The van der Waals surface area contributed by atoms with E-state index in [2.05, 4.69) is 15.1 Å². The maximum atomic E-state index is 5.66. The summed E-state index contributed by atoms with van der Waals surface area (Å²) in [7, 11) is 1.64. The number of pyridine rings is 1. The van der Waals surface area contributed by atoms with Crippen molar-refractivity contribution in [3.05, 3.63) is 42.3 Å². The first-order valence-corrected chi connectivity index (χ1v) is 7.30. The van der Waals surface area contributed by atoms with Crippen molar-refractivity contribution in [1.29, 1.82) is 0 Å². The quantitative estimate of drug-likeness (QED) is 0.718. The summed E-state index contributed by atoms with van der Waals surface area (Å²) >= 11 is 0. The van der Waals surface area contributed by atoms with Gasteiger partial charge in [0.05, 0.1) is 25.0 Å². The molecule has 0 saturated carbocycles. The zero-order valence-corrected chi connectivity index (χ0v) is 13.2. The van der Waals surface area contributed by atoms with Crippen LogP contribution in [-0.2, 0) is 0 Å². The number of rotatable bonds is 5. The van der Waals surface area contributed by atoms with Gasteiger partial charge in [-0.25, -0.2) is 4.98 Å². The van der Waals surface area contributed by atoms with Gasteiger partial charge in [0.15, 0.2) is 0 Å². The predicted octanol–water partition coefficient (Wildman–Crippen LogP) is 3.51. The van der Waals surface area contributed by atoms with Gasteiger partial charge >= 0.3 is 0 Å². The molecule has 0 bridgehead atoms. The van der Waals surface area contributed by atoms with Gasteiger partial charge in [-0.2, -0.15) is 4.98 Å². The highest BCUT2D eigenvalue weighted by Crippen LogP contribution is 2.30. The molecule has 2 aromatic heterocycles. The van der Waals surface area contributed by atoms with Crippen LogP contribution in [0.1, 0.15) is 12.8 Å². The third kappa shape index (κ3) is 3.15. The molecule has 0 spiro atoms. The van der Waals surface area contributed by atoms with Crippen LogP contribution < -0.4 is 9.47 Å². The zero-order chi connectivity index (χ0) is 16.2. The largest absolute Gasteiger partial charge is 0.497 e. The van der Waals surface area contributed by atoms with Gasteiger partial charge in [-0.3, -0.25) is 0 Å². The maximum absolute atomic E-state index is 5.66. The van der Waals surface area contributed by atoms with Gasteiger partial charge in [0.25, 0.3) is 0 Å². The van der Waals surface area contributed by atoms with Gasteiger partial charge in [-0.05, 0) is 31.2 Å². The third-order valence-electron chi connectivity index (χ3n) is 3.28. The molecule has 3 rings (SSSR count). The minimum Gasteiger partial charge on any atom is -0.497 e. The lowest BCUT2D eigenvalue weighted by molar-refractivity contribution is 0.328. The Morgan fingerprint density at radius 3 is 2.70 bits per heavy atom. The topological polar surface area (TPSA) is 70.3 Å². The van der Waals surface area contributed by atoms with Crippen LogP contribution in [0.25, 0.3) is 22.6 Å². The molecule has 0 unspecified atom stereocenters. The number of methoxy groups -OCH3 is 1.